The van der Waals surface area contributed by atoms with Crippen LogP contribution in [0.4, 0.5) is 0 Å². The Labute approximate surface area is 142 Å². The Kier molecular flexibility index (Phi) is 8.85. The number of benzene rings is 1. The van der Waals surface area contributed by atoms with Gasteiger partial charge in [0.25, 0.3) is 0 Å². The van der Waals surface area contributed by atoms with Crippen LogP contribution in [0.15, 0.2) is 29.2 Å². The number of rotatable bonds is 11. The van der Waals surface area contributed by atoms with E-state index in [9.17, 15) is 13.0 Å². The molecule has 2 atom stereocenters. The molecular weight excluding hydrogens is 308 g/mol. The van der Waals surface area contributed by atoms with E-state index in [4.69, 9.17) is 0 Å². The summed E-state index contributed by atoms with van der Waals surface area (Å²) < 4.78 is 32.8. The van der Waals surface area contributed by atoms with Gasteiger partial charge in [0.15, 0.2) is 0 Å². The van der Waals surface area contributed by atoms with Crippen LogP contribution < -0.4 is 0 Å². The van der Waals surface area contributed by atoms with Crippen molar-refractivity contribution in [1.29, 1.82) is 0 Å². The summed E-state index contributed by atoms with van der Waals surface area (Å²) in [5.74, 6) is 1.22. The topological polar surface area (TPSA) is 57.2 Å². The molecule has 132 valence electrons. The van der Waals surface area contributed by atoms with E-state index in [0.29, 0.717) is 5.92 Å². The molecule has 0 amide bonds. The van der Waals surface area contributed by atoms with Crippen molar-refractivity contribution in [3.8, 4) is 0 Å². The van der Waals surface area contributed by atoms with Crippen molar-refractivity contribution in [1.82, 2.24) is 0 Å². The van der Waals surface area contributed by atoms with Crippen molar-refractivity contribution >= 4 is 10.1 Å². The normalized spacial score (nSPS) is 14.6. The molecule has 0 N–H and O–H groups in total. The van der Waals surface area contributed by atoms with Crippen molar-refractivity contribution < 1.29 is 13.0 Å². The molecule has 3 nitrogen and oxygen atoms in total. The highest BCUT2D eigenvalue weighted by molar-refractivity contribution is 7.85. The molecule has 0 aliphatic heterocycles. The Hall–Kier alpha value is -0.870. The fraction of sp³-hybridized carbons (Fsp3) is 0.684. The molecule has 0 fully saturated rings. The van der Waals surface area contributed by atoms with E-state index < -0.39 is 10.1 Å². The molecule has 1 rings (SSSR count). The van der Waals surface area contributed by atoms with Gasteiger partial charge in [-0.3, -0.25) is 0 Å². The summed E-state index contributed by atoms with van der Waals surface area (Å²) in [7, 11) is -4.34. The zero-order valence-electron chi connectivity index (χ0n) is 14.8. The minimum Gasteiger partial charge on any atom is -0.744 e. The van der Waals surface area contributed by atoms with Gasteiger partial charge in [-0.15, -0.1) is 0 Å². The average Bonchev–Trinajstić information content (AvgIpc) is 2.51. The van der Waals surface area contributed by atoms with Crippen molar-refractivity contribution in [2.24, 2.45) is 5.92 Å². The Morgan fingerprint density at radius 1 is 0.913 bits per heavy atom. The molecule has 0 aliphatic carbocycles. The predicted octanol–water partition coefficient (Wildman–Crippen LogP) is 5.47. The van der Waals surface area contributed by atoms with Crippen LogP contribution in [0.25, 0.3) is 0 Å². The second kappa shape index (κ2) is 10.1. The second-order valence-corrected chi connectivity index (χ2v) is 8.19. The Morgan fingerprint density at radius 2 is 1.43 bits per heavy atom. The molecule has 0 radical (unpaired) electrons. The average molecular weight is 340 g/mol. The summed E-state index contributed by atoms with van der Waals surface area (Å²) >= 11 is 0. The van der Waals surface area contributed by atoms with Crippen LogP contribution >= 0.6 is 0 Å². The lowest BCUT2D eigenvalue weighted by Gasteiger charge is -2.15. The lowest BCUT2D eigenvalue weighted by molar-refractivity contribution is 0.435. The molecule has 0 bridgehead atoms. The largest absolute Gasteiger partial charge is 0.744 e. The lowest BCUT2D eigenvalue weighted by atomic mass is 9.92. The van der Waals surface area contributed by atoms with Crippen molar-refractivity contribution in [2.45, 2.75) is 83.0 Å². The maximum absolute atomic E-state index is 10.9. The molecule has 0 saturated carbocycles. The Morgan fingerprint density at radius 3 is 1.96 bits per heavy atom. The van der Waals surface area contributed by atoms with Crippen LogP contribution in [0.5, 0.6) is 0 Å². The zero-order chi connectivity index (χ0) is 17.3. The van der Waals surface area contributed by atoms with Gasteiger partial charge in [-0.1, -0.05) is 77.8 Å². The molecule has 0 aromatic heterocycles. The SMILES string of the molecule is CCCCC[C@@H](C)CCCCC(C)c1ccc(S(=O)(=O)[O-])cc1. The highest BCUT2D eigenvalue weighted by Gasteiger charge is 2.08. The summed E-state index contributed by atoms with van der Waals surface area (Å²) in [5, 5.41) is 0. The fourth-order valence-corrected chi connectivity index (χ4v) is 3.43. The number of hydrogen-bond donors (Lipinski definition) is 0. The van der Waals surface area contributed by atoms with Crippen molar-refractivity contribution in [3.05, 3.63) is 29.8 Å². The molecule has 1 aromatic rings. The van der Waals surface area contributed by atoms with E-state index >= 15 is 0 Å². The van der Waals surface area contributed by atoms with Gasteiger partial charge in [0.2, 0.25) is 0 Å². The van der Waals surface area contributed by atoms with E-state index in [1.807, 2.05) is 0 Å². The summed E-state index contributed by atoms with van der Waals surface area (Å²) in [6.45, 7) is 6.75. The third kappa shape index (κ3) is 7.98. The van der Waals surface area contributed by atoms with Gasteiger partial charge in [0.05, 0.1) is 4.90 Å². The van der Waals surface area contributed by atoms with Gasteiger partial charge >= 0.3 is 0 Å². The van der Waals surface area contributed by atoms with E-state index in [-0.39, 0.29) is 4.90 Å². The highest BCUT2D eigenvalue weighted by Crippen LogP contribution is 2.24. The van der Waals surface area contributed by atoms with E-state index in [0.717, 1.165) is 17.9 Å². The number of unbranched alkanes of at least 4 members (excludes halogenated alkanes) is 3. The van der Waals surface area contributed by atoms with Crippen LogP contribution in [0.2, 0.25) is 0 Å². The van der Waals surface area contributed by atoms with Crippen LogP contribution in [-0.4, -0.2) is 13.0 Å². The minimum absolute atomic E-state index is 0.144. The second-order valence-electron chi connectivity index (χ2n) is 6.81. The molecule has 0 heterocycles. The monoisotopic (exact) mass is 339 g/mol. The predicted molar refractivity (Wildman–Crippen MR) is 94.6 cm³/mol. The first kappa shape index (κ1) is 20.2. The van der Waals surface area contributed by atoms with E-state index in [1.54, 1.807) is 12.1 Å². The molecule has 4 heteroatoms. The first-order chi connectivity index (χ1) is 10.8. The molecule has 0 aliphatic rings. The summed E-state index contributed by atoms with van der Waals surface area (Å²) in [6.07, 6.45) is 10.2. The molecule has 0 spiro atoms. The van der Waals surface area contributed by atoms with Gasteiger partial charge in [-0.25, -0.2) is 8.42 Å². The summed E-state index contributed by atoms with van der Waals surface area (Å²) in [6, 6.07) is 6.37. The molecule has 0 saturated heterocycles. The van der Waals surface area contributed by atoms with Crippen LogP contribution in [0.1, 0.15) is 83.6 Å². The lowest BCUT2D eigenvalue weighted by Crippen LogP contribution is -2.00. The third-order valence-corrected chi connectivity index (χ3v) is 5.47. The summed E-state index contributed by atoms with van der Waals surface area (Å²) in [5.41, 5.74) is 1.10. The van der Waals surface area contributed by atoms with Gasteiger partial charge in [0, 0.05) is 0 Å². The standard InChI is InChI=1S/C19H32O3S/c1-4-5-6-9-16(2)10-7-8-11-17(3)18-12-14-19(15-13-18)23(20,21)22/h12-17H,4-11H2,1-3H3,(H,20,21,22)/p-1/t16-,17?/m1/s1. The minimum atomic E-state index is -4.34. The first-order valence-corrected chi connectivity index (χ1v) is 10.3. The first-order valence-electron chi connectivity index (χ1n) is 8.90. The smallest absolute Gasteiger partial charge is 0.124 e. The third-order valence-electron chi connectivity index (χ3n) is 4.62. The summed E-state index contributed by atoms with van der Waals surface area (Å²) in [4.78, 5) is -0.144. The zero-order valence-corrected chi connectivity index (χ0v) is 15.6. The van der Waals surface area contributed by atoms with Crippen LogP contribution in [-0.2, 0) is 10.1 Å². The van der Waals surface area contributed by atoms with Gasteiger partial charge in [-0.2, -0.15) is 0 Å². The Bertz CT molecular complexity index is 534. The maximum atomic E-state index is 10.9. The Balaban J connectivity index is 2.30. The van der Waals surface area contributed by atoms with Crippen molar-refractivity contribution in [2.75, 3.05) is 0 Å². The van der Waals surface area contributed by atoms with Gasteiger partial charge in [0.1, 0.15) is 10.1 Å². The molecule has 1 aromatic carbocycles. The van der Waals surface area contributed by atoms with E-state index in [2.05, 4.69) is 20.8 Å². The van der Waals surface area contributed by atoms with Crippen LogP contribution in [0, 0.1) is 5.92 Å². The van der Waals surface area contributed by atoms with Gasteiger partial charge < -0.3 is 4.55 Å². The van der Waals surface area contributed by atoms with Crippen LogP contribution in [0.3, 0.4) is 0 Å². The van der Waals surface area contributed by atoms with Gasteiger partial charge in [-0.05, 0) is 36.0 Å². The fourth-order valence-electron chi connectivity index (χ4n) is 2.96. The number of hydrogen-bond acceptors (Lipinski definition) is 3. The molecule has 23 heavy (non-hydrogen) atoms. The molecule has 1 unspecified atom stereocenters. The highest BCUT2D eigenvalue weighted by atomic mass is 32.2. The quantitative estimate of drug-likeness (QED) is 0.397. The van der Waals surface area contributed by atoms with Crippen molar-refractivity contribution in [3.63, 3.8) is 0 Å². The molecular formula is C19H31O3S-. The van der Waals surface area contributed by atoms with E-state index in [1.165, 1.54) is 57.1 Å². The maximum Gasteiger partial charge on any atom is 0.124 e.